The molecule has 1 N–H and O–H groups in total. The molecule has 0 aliphatic carbocycles. The highest BCUT2D eigenvalue weighted by atomic mass is 35.5. The average Bonchev–Trinajstić information content (AvgIpc) is 2.91. The topological polar surface area (TPSA) is 29.9 Å². The fourth-order valence-corrected chi connectivity index (χ4v) is 2.66. The van der Waals surface area contributed by atoms with Gasteiger partial charge in [-0.05, 0) is 56.6 Å². The van der Waals surface area contributed by atoms with Crippen molar-refractivity contribution in [1.82, 2.24) is 15.1 Å². The first kappa shape index (κ1) is 16.0. The van der Waals surface area contributed by atoms with Crippen molar-refractivity contribution < 1.29 is 4.39 Å². The van der Waals surface area contributed by atoms with Crippen LogP contribution in [-0.4, -0.2) is 16.8 Å². The minimum atomic E-state index is -0.224. The van der Waals surface area contributed by atoms with Gasteiger partial charge in [-0.3, -0.25) is 4.68 Å². The molecule has 2 aromatic rings. The van der Waals surface area contributed by atoms with Crippen molar-refractivity contribution in [2.45, 2.75) is 39.3 Å². The molecule has 2 rings (SSSR count). The van der Waals surface area contributed by atoms with E-state index in [4.69, 9.17) is 11.6 Å². The van der Waals surface area contributed by atoms with Crippen LogP contribution in [0.5, 0.6) is 0 Å². The van der Waals surface area contributed by atoms with E-state index in [9.17, 15) is 4.39 Å². The molecular formula is C16H21ClFN3. The highest BCUT2D eigenvalue weighted by molar-refractivity contribution is 6.30. The van der Waals surface area contributed by atoms with Crippen molar-refractivity contribution in [3.63, 3.8) is 0 Å². The summed E-state index contributed by atoms with van der Waals surface area (Å²) in [6, 6.07) is 6.77. The number of aromatic nitrogens is 2. The molecule has 1 unspecified atom stereocenters. The summed E-state index contributed by atoms with van der Waals surface area (Å²) < 4.78 is 15.9. The summed E-state index contributed by atoms with van der Waals surface area (Å²) in [4.78, 5) is 0. The van der Waals surface area contributed by atoms with Gasteiger partial charge in [0.15, 0.2) is 0 Å². The van der Waals surface area contributed by atoms with E-state index in [0.717, 1.165) is 24.4 Å². The number of hydrogen-bond acceptors (Lipinski definition) is 2. The van der Waals surface area contributed by atoms with Crippen LogP contribution in [0, 0.1) is 5.82 Å². The third-order valence-electron chi connectivity index (χ3n) is 3.66. The maximum Gasteiger partial charge on any atom is 0.126 e. The zero-order chi connectivity index (χ0) is 15.4. The minimum absolute atomic E-state index is 0.00529. The highest BCUT2D eigenvalue weighted by Gasteiger charge is 2.18. The molecule has 0 fully saturated rings. The summed E-state index contributed by atoms with van der Waals surface area (Å²) in [6.07, 6.45) is 1.43. The van der Waals surface area contributed by atoms with Crippen LogP contribution in [0.2, 0.25) is 5.02 Å². The Morgan fingerprint density at radius 3 is 2.71 bits per heavy atom. The molecule has 0 amide bonds. The van der Waals surface area contributed by atoms with Gasteiger partial charge in [-0.2, -0.15) is 5.10 Å². The lowest BCUT2D eigenvalue weighted by Gasteiger charge is -2.18. The monoisotopic (exact) mass is 309 g/mol. The molecule has 0 radical (unpaired) electrons. The van der Waals surface area contributed by atoms with Gasteiger partial charge < -0.3 is 5.32 Å². The molecule has 114 valence electrons. The van der Waals surface area contributed by atoms with Gasteiger partial charge in [0.05, 0.1) is 17.4 Å². The normalized spacial score (nSPS) is 12.6. The van der Waals surface area contributed by atoms with Crippen LogP contribution in [0.4, 0.5) is 4.39 Å². The summed E-state index contributed by atoms with van der Waals surface area (Å²) >= 11 is 5.97. The molecule has 5 heteroatoms. The molecule has 1 aromatic carbocycles. The molecule has 0 saturated heterocycles. The Labute approximate surface area is 130 Å². The summed E-state index contributed by atoms with van der Waals surface area (Å²) in [6.45, 7) is 4.94. The lowest BCUT2D eigenvalue weighted by atomic mass is 10.0. The van der Waals surface area contributed by atoms with E-state index in [2.05, 4.69) is 30.3 Å². The molecular weight excluding hydrogens is 289 g/mol. The number of halogens is 2. The van der Waals surface area contributed by atoms with Gasteiger partial charge in [-0.1, -0.05) is 18.5 Å². The largest absolute Gasteiger partial charge is 0.311 e. The SMILES string of the molecule is CCc1cc(C(Cc2cc(Cl)ccc2F)NC)n(CC)n1. The molecule has 1 atom stereocenters. The van der Waals surface area contributed by atoms with E-state index in [0.29, 0.717) is 17.0 Å². The van der Waals surface area contributed by atoms with Gasteiger partial charge >= 0.3 is 0 Å². The summed E-state index contributed by atoms with van der Waals surface area (Å²) in [5.41, 5.74) is 2.75. The van der Waals surface area contributed by atoms with E-state index < -0.39 is 0 Å². The van der Waals surface area contributed by atoms with Crippen molar-refractivity contribution in [2.24, 2.45) is 0 Å². The maximum atomic E-state index is 13.9. The molecule has 0 aliphatic rings. The second-order valence-corrected chi connectivity index (χ2v) is 5.45. The molecule has 21 heavy (non-hydrogen) atoms. The van der Waals surface area contributed by atoms with Crippen molar-refractivity contribution in [1.29, 1.82) is 0 Å². The molecule has 0 spiro atoms. The fourth-order valence-electron chi connectivity index (χ4n) is 2.47. The van der Waals surface area contributed by atoms with Crippen LogP contribution in [0.3, 0.4) is 0 Å². The van der Waals surface area contributed by atoms with Gasteiger partial charge in [0.2, 0.25) is 0 Å². The zero-order valence-corrected chi connectivity index (χ0v) is 13.4. The van der Waals surface area contributed by atoms with Gasteiger partial charge in [-0.15, -0.1) is 0 Å². The predicted octanol–water partition coefficient (Wildman–Crippen LogP) is 3.76. The van der Waals surface area contributed by atoms with E-state index >= 15 is 0 Å². The molecule has 0 bridgehead atoms. The van der Waals surface area contributed by atoms with Crippen molar-refractivity contribution >= 4 is 11.6 Å². The van der Waals surface area contributed by atoms with Crippen molar-refractivity contribution in [2.75, 3.05) is 7.05 Å². The zero-order valence-electron chi connectivity index (χ0n) is 12.7. The quantitative estimate of drug-likeness (QED) is 0.880. The smallest absolute Gasteiger partial charge is 0.126 e. The van der Waals surface area contributed by atoms with Crippen molar-refractivity contribution in [3.8, 4) is 0 Å². The molecule has 3 nitrogen and oxygen atoms in total. The molecule has 0 saturated carbocycles. The lowest BCUT2D eigenvalue weighted by molar-refractivity contribution is 0.500. The van der Waals surface area contributed by atoms with E-state index in [1.807, 2.05) is 11.7 Å². The van der Waals surface area contributed by atoms with Crippen LogP contribution in [-0.2, 0) is 19.4 Å². The van der Waals surface area contributed by atoms with Crippen LogP contribution in [0.25, 0.3) is 0 Å². The summed E-state index contributed by atoms with van der Waals surface area (Å²) in [5.74, 6) is -0.224. The van der Waals surface area contributed by atoms with Gasteiger partial charge in [0.25, 0.3) is 0 Å². The second kappa shape index (κ2) is 7.05. The van der Waals surface area contributed by atoms with Gasteiger partial charge in [0.1, 0.15) is 5.82 Å². The van der Waals surface area contributed by atoms with Crippen LogP contribution >= 0.6 is 11.6 Å². The van der Waals surface area contributed by atoms with E-state index in [-0.39, 0.29) is 11.9 Å². The first-order valence-corrected chi connectivity index (χ1v) is 7.64. The second-order valence-electron chi connectivity index (χ2n) is 5.01. The maximum absolute atomic E-state index is 13.9. The van der Waals surface area contributed by atoms with Crippen LogP contribution < -0.4 is 5.32 Å². The number of nitrogens with zero attached hydrogens (tertiary/aromatic N) is 2. The fraction of sp³-hybridized carbons (Fsp3) is 0.438. The average molecular weight is 310 g/mol. The molecule has 1 heterocycles. The van der Waals surface area contributed by atoms with Gasteiger partial charge in [0, 0.05) is 11.6 Å². The standard InChI is InChI=1S/C16H21ClFN3/c1-4-13-10-16(21(5-2)20-13)15(19-3)9-11-8-12(17)6-7-14(11)18/h6-8,10,15,19H,4-5,9H2,1-3H3. The number of likely N-dealkylation sites (N-methyl/N-ethyl adjacent to an activating group) is 1. The third kappa shape index (κ3) is 3.63. The van der Waals surface area contributed by atoms with Crippen LogP contribution in [0.15, 0.2) is 24.3 Å². The Morgan fingerprint density at radius 1 is 1.33 bits per heavy atom. The Balaban J connectivity index is 2.31. The first-order chi connectivity index (χ1) is 10.1. The van der Waals surface area contributed by atoms with Crippen molar-refractivity contribution in [3.05, 3.63) is 52.1 Å². The summed E-state index contributed by atoms with van der Waals surface area (Å²) in [7, 11) is 1.88. The van der Waals surface area contributed by atoms with E-state index in [1.165, 1.54) is 6.07 Å². The van der Waals surface area contributed by atoms with E-state index in [1.54, 1.807) is 12.1 Å². The Bertz CT molecular complexity index is 610. The minimum Gasteiger partial charge on any atom is -0.311 e. The summed E-state index contributed by atoms with van der Waals surface area (Å²) in [5, 5.41) is 8.36. The third-order valence-corrected chi connectivity index (χ3v) is 3.90. The van der Waals surface area contributed by atoms with Crippen LogP contribution in [0.1, 0.15) is 36.8 Å². The Kier molecular flexibility index (Phi) is 5.37. The number of benzene rings is 1. The molecule has 0 aliphatic heterocycles. The predicted molar refractivity (Wildman–Crippen MR) is 84.2 cm³/mol. The highest BCUT2D eigenvalue weighted by Crippen LogP contribution is 2.23. The first-order valence-electron chi connectivity index (χ1n) is 7.26. The Morgan fingerprint density at radius 2 is 2.10 bits per heavy atom. The number of hydrogen-bond donors (Lipinski definition) is 1. The molecule has 1 aromatic heterocycles. The number of nitrogens with one attached hydrogen (secondary N) is 1. The van der Waals surface area contributed by atoms with Gasteiger partial charge in [-0.25, -0.2) is 4.39 Å². The lowest BCUT2D eigenvalue weighted by Crippen LogP contribution is -2.22. The number of aryl methyl sites for hydroxylation is 2. The number of rotatable bonds is 6. The Hall–Kier alpha value is -1.39.